The molecule has 0 aromatic heterocycles. The summed E-state index contributed by atoms with van der Waals surface area (Å²) in [5.41, 5.74) is 0. The number of aliphatic hydroxyl groups excluding tert-OH is 1. The summed E-state index contributed by atoms with van der Waals surface area (Å²) < 4.78 is 28.5. The molecule has 0 bridgehead atoms. The number of rotatable bonds is 32. The van der Waals surface area contributed by atoms with Crippen LogP contribution in [-0.4, -0.2) is 76.8 Å². The van der Waals surface area contributed by atoms with Gasteiger partial charge in [0.2, 0.25) is 0 Å². The Labute approximate surface area is 230 Å². The van der Waals surface area contributed by atoms with Crippen LogP contribution in [0.1, 0.15) is 130 Å². The van der Waals surface area contributed by atoms with Gasteiger partial charge in [0, 0.05) is 6.61 Å². The summed E-state index contributed by atoms with van der Waals surface area (Å²) in [5, 5.41) is 10.0. The highest BCUT2D eigenvalue weighted by molar-refractivity contribution is 4.61. The van der Waals surface area contributed by atoms with Crippen LogP contribution in [0.4, 0.5) is 0 Å². The van der Waals surface area contributed by atoms with Crippen molar-refractivity contribution in [3.8, 4) is 0 Å². The highest BCUT2D eigenvalue weighted by atomic mass is 16.6. The maximum absolute atomic E-state index is 10.0. The molecule has 0 saturated heterocycles. The van der Waals surface area contributed by atoms with Crippen LogP contribution < -0.4 is 0 Å². The van der Waals surface area contributed by atoms with Gasteiger partial charge in [-0.05, 0) is 19.3 Å². The molecule has 1 N–H and O–H groups in total. The van der Waals surface area contributed by atoms with Gasteiger partial charge in [-0.1, -0.05) is 111 Å². The second-order valence-electron chi connectivity index (χ2n) is 10.3. The minimum atomic E-state index is -0.373. The molecule has 0 spiro atoms. The van der Waals surface area contributed by atoms with Crippen LogP contribution in [0.15, 0.2) is 0 Å². The lowest BCUT2D eigenvalue weighted by atomic mass is 10.1. The third-order valence-electron chi connectivity index (χ3n) is 6.61. The number of unbranched alkanes of at least 4 members (excludes halogenated alkanes) is 12. The van der Waals surface area contributed by atoms with Crippen LogP contribution in [0.3, 0.4) is 0 Å². The summed E-state index contributed by atoms with van der Waals surface area (Å²) >= 11 is 0. The molecule has 0 aliphatic rings. The summed E-state index contributed by atoms with van der Waals surface area (Å²) in [6, 6.07) is 0. The minimum Gasteiger partial charge on any atom is -0.391 e. The zero-order chi connectivity index (χ0) is 27.1. The van der Waals surface area contributed by atoms with Gasteiger partial charge in [0.05, 0.1) is 65.1 Å². The van der Waals surface area contributed by atoms with E-state index in [1.54, 1.807) is 0 Å². The zero-order valence-electron chi connectivity index (χ0n) is 25.0. The number of aliphatic hydroxyl groups is 1. The monoisotopic (exact) mass is 532 g/mol. The summed E-state index contributed by atoms with van der Waals surface area (Å²) in [6.07, 6.45) is 20.8. The number of ether oxygens (including phenoxy) is 5. The van der Waals surface area contributed by atoms with Crippen LogP contribution in [0.2, 0.25) is 0 Å². The zero-order valence-corrected chi connectivity index (χ0v) is 25.0. The second kappa shape index (κ2) is 32.0. The topological polar surface area (TPSA) is 66.4 Å². The fourth-order valence-corrected chi connectivity index (χ4v) is 4.16. The van der Waals surface area contributed by atoms with Gasteiger partial charge in [-0.3, -0.25) is 0 Å². The molecule has 224 valence electrons. The molecule has 0 aromatic rings. The van der Waals surface area contributed by atoms with Crippen molar-refractivity contribution in [3.63, 3.8) is 0 Å². The van der Waals surface area contributed by atoms with Crippen molar-refractivity contribution in [1.29, 1.82) is 0 Å². The van der Waals surface area contributed by atoms with E-state index in [2.05, 4.69) is 20.8 Å². The van der Waals surface area contributed by atoms with Gasteiger partial charge in [-0.2, -0.15) is 0 Å². The van der Waals surface area contributed by atoms with Crippen molar-refractivity contribution in [3.05, 3.63) is 0 Å². The second-order valence-corrected chi connectivity index (χ2v) is 10.3. The third kappa shape index (κ3) is 30.2. The van der Waals surface area contributed by atoms with E-state index >= 15 is 0 Å². The summed E-state index contributed by atoms with van der Waals surface area (Å²) in [6.45, 7) is 11.9. The molecule has 0 rings (SSSR count). The van der Waals surface area contributed by atoms with Crippen molar-refractivity contribution in [2.24, 2.45) is 0 Å². The first-order valence-corrected chi connectivity index (χ1v) is 15.8. The minimum absolute atomic E-state index is 0.0460. The Morgan fingerprint density at radius 3 is 1.41 bits per heavy atom. The van der Waals surface area contributed by atoms with E-state index in [1.165, 1.54) is 64.2 Å². The largest absolute Gasteiger partial charge is 0.391 e. The predicted molar refractivity (Wildman–Crippen MR) is 155 cm³/mol. The van der Waals surface area contributed by atoms with Gasteiger partial charge in [0.25, 0.3) is 0 Å². The molecule has 0 aromatic carbocycles. The number of hydrogen-bond acceptors (Lipinski definition) is 6. The average molecular weight is 533 g/mol. The Kier molecular flexibility index (Phi) is 31.8. The fourth-order valence-electron chi connectivity index (χ4n) is 4.16. The van der Waals surface area contributed by atoms with Crippen LogP contribution in [0.5, 0.6) is 0 Å². The normalized spacial score (nSPS) is 13.3. The van der Waals surface area contributed by atoms with Gasteiger partial charge in [0.1, 0.15) is 0 Å². The van der Waals surface area contributed by atoms with Crippen molar-refractivity contribution in [2.45, 2.75) is 142 Å². The van der Waals surface area contributed by atoms with Gasteiger partial charge in [-0.15, -0.1) is 0 Å². The van der Waals surface area contributed by atoms with E-state index in [0.717, 1.165) is 51.6 Å². The molecule has 6 nitrogen and oxygen atoms in total. The first-order valence-electron chi connectivity index (χ1n) is 15.8. The van der Waals surface area contributed by atoms with Crippen LogP contribution >= 0.6 is 0 Å². The maximum Gasteiger partial charge on any atom is 0.0809 e. The molecule has 6 heteroatoms. The lowest BCUT2D eigenvalue weighted by Gasteiger charge is -2.20. The Morgan fingerprint density at radius 2 is 0.865 bits per heavy atom. The molecule has 0 radical (unpaired) electrons. The van der Waals surface area contributed by atoms with Crippen molar-refractivity contribution >= 4 is 0 Å². The van der Waals surface area contributed by atoms with Gasteiger partial charge >= 0.3 is 0 Å². The van der Waals surface area contributed by atoms with Crippen molar-refractivity contribution in [2.75, 3.05) is 59.5 Å². The van der Waals surface area contributed by atoms with Crippen molar-refractivity contribution < 1.29 is 28.8 Å². The summed E-state index contributed by atoms with van der Waals surface area (Å²) in [5.74, 6) is 0. The molecule has 2 unspecified atom stereocenters. The SMILES string of the molecule is CCCCCCCCCCCCCOCCOCCOCCOCC(CCCC)OCC(O)CCCC. The standard InChI is InChI=1S/C31H64O6/c1-4-7-10-11-12-13-14-15-16-17-18-21-33-22-23-34-24-25-35-26-27-36-29-31(20-9-6-3)37-28-30(32)19-8-5-2/h30-32H,4-29H2,1-3H3. The molecule has 0 saturated carbocycles. The first-order chi connectivity index (χ1) is 18.2. The van der Waals surface area contributed by atoms with Crippen LogP contribution in [-0.2, 0) is 23.7 Å². The molecular formula is C31H64O6. The van der Waals surface area contributed by atoms with Gasteiger partial charge < -0.3 is 28.8 Å². The summed E-state index contributed by atoms with van der Waals surface area (Å²) in [4.78, 5) is 0. The maximum atomic E-state index is 10.0. The van der Waals surface area contributed by atoms with Crippen LogP contribution in [0.25, 0.3) is 0 Å². The average Bonchev–Trinajstić information content (AvgIpc) is 2.91. The Hall–Kier alpha value is -0.240. The highest BCUT2D eigenvalue weighted by Crippen LogP contribution is 2.11. The van der Waals surface area contributed by atoms with E-state index in [1.807, 2.05) is 0 Å². The first kappa shape index (κ1) is 36.8. The van der Waals surface area contributed by atoms with E-state index in [4.69, 9.17) is 23.7 Å². The lowest BCUT2D eigenvalue weighted by molar-refractivity contribution is -0.0634. The molecule has 0 aliphatic heterocycles. The van der Waals surface area contributed by atoms with Crippen molar-refractivity contribution in [1.82, 2.24) is 0 Å². The van der Waals surface area contributed by atoms with Gasteiger partial charge in [-0.25, -0.2) is 0 Å². The van der Waals surface area contributed by atoms with E-state index < -0.39 is 0 Å². The predicted octanol–water partition coefficient (Wildman–Crippen LogP) is 7.49. The molecule has 0 amide bonds. The lowest BCUT2D eigenvalue weighted by Crippen LogP contribution is -2.26. The quantitative estimate of drug-likeness (QED) is 0.0905. The molecule has 37 heavy (non-hydrogen) atoms. The van der Waals surface area contributed by atoms with E-state index in [0.29, 0.717) is 52.9 Å². The highest BCUT2D eigenvalue weighted by Gasteiger charge is 2.12. The molecule has 0 heterocycles. The van der Waals surface area contributed by atoms with E-state index in [-0.39, 0.29) is 12.2 Å². The molecule has 0 fully saturated rings. The Morgan fingerprint density at radius 1 is 0.432 bits per heavy atom. The Balaban J connectivity index is 3.36. The molecule has 2 atom stereocenters. The fraction of sp³-hybridized carbons (Fsp3) is 1.00. The number of hydrogen-bond donors (Lipinski definition) is 1. The Bertz CT molecular complexity index is 409. The molecular weight excluding hydrogens is 468 g/mol. The van der Waals surface area contributed by atoms with Gasteiger partial charge in [0.15, 0.2) is 0 Å². The molecule has 0 aliphatic carbocycles. The smallest absolute Gasteiger partial charge is 0.0809 e. The third-order valence-corrected chi connectivity index (χ3v) is 6.61. The van der Waals surface area contributed by atoms with E-state index in [9.17, 15) is 5.11 Å². The van der Waals surface area contributed by atoms with Crippen LogP contribution in [0, 0.1) is 0 Å². The summed E-state index contributed by atoms with van der Waals surface area (Å²) in [7, 11) is 0.